The van der Waals surface area contributed by atoms with Crippen LogP contribution in [0.4, 0.5) is 0 Å². The van der Waals surface area contributed by atoms with Gasteiger partial charge in [-0.1, -0.05) is 18.2 Å². The van der Waals surface area contributed by atoms with Crippen LogP contribution in [0, 0.1) is 0 Å². The molecule has 3 nitrogen and oxygen atoms in total. The summed E-state index contributed by atoms with van der Waals surface area (Å²) in [4.78, 5) is 4.01. The summed E-state index contributed by atoms with van der Waals surface area (Å²) < 4.78 is 6.00. The number of pyridine rings is 1. The van der Waals surface area contributed by atoms with Gasteiger partial charge in [0.25, 0.3) is 0 Å². The van der Waals surface area contributed by atoms with Crippen molar-refractivity contribution in [2.45, 2.75) is 19.4 Å². The van der Waals surface area contributed by atoms with Gasteiger partial charge < -0.3 is 10.5 Å². The number of benzene rings is 1. The lowest BCUT2D eigenvalue weighted by Gasteiger charge is -2.17. The van der Waals surface area contributed by atoms with Crippen molar-refractivity contribution in [3.63, 3.8) is 0 Å². The maximum absolute atomic E-state index is 6.00. The zero-order valence-electron chi connectivity index (χ0n) is 10.5. The first kappa shape index (κ1) is 12.6. The minimum Gasteiger partial charge on any atom is -0.486 e. The number of rotatable bonds is 5. The van der Waals surface area contributed by atoms with Crippen LogP contribution in [-0.4, -0.2) is 11.5 Å². The van der Waals surface area contributed by atoms with Gasteiger partial charge in [-0.3, -0.25) is 4.98 Å². The van der Waals surface area contributed by atoms with Gasteiger partial charge in [0, 0.05) is 12.4 Å². The van der Waals surface area contributed by atoms with E-state index in [-0.39, 0.29) is 6.10 Å². The van der Waals surface area contributed by atoms with Crippen molar-refractivity contribution in [1.29, 1.82) is 0 Å². The third kappa shape index (κ3) is 3.08. The molecule has 2 aromatic rings. The first-order valence-electron chi connectivity index (χ1n) is 6.16. The molecule has 2 N–H and O–H groups in total. The van der Waals surface area contributed by atoms with Gasteiger partial charge in [0.1, 0.15) is 11.9 Å². The minimum absolute atomic E-state index is 0.00641. The topological polar surface area (TPSA) is 48.1 Å². The monoisotopic (exact) mass is 242 g/mol. The minimum atomic E-state index is 0.00641. The van der Waals surface area contributed by atoms with E-state index in [1.165, 1.54) is 0 Å². The zero-order valence-corrected chi connectivity index (χ0v) is 10.5. The molecule has 2 rings (SSSR count). The van der Waals surface area contributed by atoms with Crippen LogP contribution in [-0.2, 0) is 6.42 Å². The Morgan fingerprint density at radius 2 is 1.89 bits per heavy atom. The molecule has 18 heavy (non-hydrogen) atoms. The van der Waals surface area contributed by atoms with Crippen molar-refractivity contribution in [1.82, 2.24) is 4.98 Å². The molecule has 0 aliphatic heterocycles. The largest absolute Gasteiger partial charge is 0.486 e. The summed E-state index contributed by atoms with van der Waals surface area (Å²) in [5.74, 6) is 0.910. The van der Waals surface area contributed by atoms with Crippen LogP contribution >= 0.6 is 0 Å². The SMILES string of the molecule is CC(Oc1ccccc1CCN)c1ccncc1. The smallest absolute Gasteiger partial charge is 0.123 e. The van der Waals surface area contributed by atoms with Gasteiger partial charge in [-0.2, -0.15) is 0 Å². The fourth-order valence-corrected chi connectivity index (χ4v) is 1.87. The van der Waals surface area contributed by atoms with Gasteiger partial charge in [0.15, 0.2) is 0 Å². The van der Waals surface area contributed by atoms with E-state index in [0.29, 0.717) is 6.54 Å². The summed E-state index contributed by atoms with van der Waals surface area (Å²) >= 11 is 0. The molecule has 0 fully saturated rings. The quantitative estimate of drug-likeness (QED) is 0.877. The van der Waals surface area contributed by atoms with E-state index in [1.807, 2.05) is 37.3 Å². The van der Waals surface area contributed by atoms with Crippen LogP contribution in [0.5, 0.6) is 5.75 Å². The number of nitrogens with zero attached hydrogens (tertiary/aromatic N) is 1. The molecule has 0 aliphatic carbocycles. The van der Waals surface area contributed by atoms with Crippen LogP contribution in [0.3, 0.4) is 0 Å². The molecule has 0 saturated heterocycles. The van der Waals surface area contributed by atoms with E-state index in [2.05, 4.69) is 11.1 Å². The molecule has 0 aliphatic rings. The zero-order chi connectivity index (χ0) is 12.8. The highest BCUT2D eigenvalue weighted by Gasteiger charge is 2.09. The van der Waals surface area contributed by atoms with Crippen LogP contribution in [0.1, 0.15) is 24.2 Å². The fraction of sp³-hybridized carbons (Fsp3) is 0.267. The molecule has 0 saturated carbocycles. The van der Waals surface area contributed by atoms with Crippen molar-refractivity contribution in [2.75, 3.05) is 6.54 Å². The van der Waals surface area contributed by atoms with Gasteiger partial charge in [0.2, 0.25) is 0 Å². The molecule has 1 heterocycles. The first-order chi connectivity index (χ1) is 8.81. The fourth-order valence-electron chi connectivity index (χ4n) is 1.87. The third-order valence-corrected chi connectivity index (χ3v) is 2.87. The van der Waals surface area contributed by atoms with Gasteiger partial charge in [-0.05, 0) is 49.2 Å². The summed E-state index contributed by atoms with van der Waals surface area (Å²) in [5.41, 5.74) is 7.88. The number of nitrogens with two attached hydrogens (primary N) is 1. The Bertz CT molecular complexity index is 485. The van der Waals surface area contributed by atoms with E-state index < -0.39 is 0 Å². The van der Waals surface area contributed by atoms with Gasteiger partial charge in [-0.15, -0.1) is 0 Å². The number of ether oxygens (including phenoxy) is 1. The number of aromatic nitrogens is 1. The molecule has 3 heteroatoms. The van der Waals surface area contributed by atoms with Crippen molar-refractivity contribution in [3.8, 4) is 5.75 Å². The second-order valence-electron chi connectivity index (χ2n) is 4.19. The molecular weight excluding hydrogens is 224 g/mol. The molecule has 0 bridgehead atoms. The molecule has 1 aromatic carbocycles. The van der Waals surface area contributed by atoms with E-state index >= 15 is 0 Å². The van der Waals surface area contributed by atoms with Crippen molar-refractivity contribution >= 4 is 0 Å². The van der Waals surface area contributed by atoms with E-state index in [4.69, 9.17) is 10.5 Å². The maximum atomic E-state index is 6.00. The second kappa shape index (κ2) is 6.17. The molecule has 1 aromatic heterocycles. The number of para-hydroxylation sites is 1. The normalized spacial score (nSPS) is 12.1. The highest BCUT2D eigenvalue weighted by atomic mass is 16.5. The Labute approximate surface area is 108 Å². The number of hydrogen-bond donors (Lipinski definition) is 1. The predicted molar refractivity (Wildman–Crippen MR) is 72.5 cm³/mol. The third-order valence-electron chi connectivity index (χ3n) is 2.87. The van der Waals surface area contributed by atoms with Gasteiger partial charge in [-0.25, -0.2) is 0 Å². The second-order valence-corrected chi connectivity index (χ2v) is 4.19. The molecule has 0 spiro atoms. The molecule has 94 valence electrons. The van der Waals surface area contributed by atoms with E-state index in [0.717, 1.165) is 23.3 Å². The summed E-state index contributed by atoms with van der Waals surface area (Å²) in [7, 11) is 0. The Morgan fingerprint density at radius 1 is 1.17 bits per heavy atom. The summed E-state index contributed by atoms with van der Waals surface area (Å²) in [6.45, 7) is 2.67. The highest BCUT2D eigenvalue weighted by Crippen LogP contribution is 2.25. The molecule has 1 unspecified atom stereocenters. The lowest BCUT2D eigenvalue weighted by molar-refractivity contribution is 0.224. The average Bonchev–Trinajstić information content (AvgIpc) is 2.42. The first-order valence-corrected chi connectivity index (χ1v) is 6.16. The lowest BCUT2D eigenvalue weighted by Crippen LogP contribution is -2.08. The van der Waals surface area contributed by atoms with Crippen LogP contribution in [0.25, 0.3) is 0 Å². The molecule has 0 radical (unpaired) electrons. The number of hydrogen-bond acceptors (Lipinski definition) is 3. The molecular formula is C15H18N2O. The standard InChI is InChI=1S/C15H18N2O/c1-12(13-7-10-17-11-8-13)18-15-5-3-2-4-14(15)6-9-16/h2-5,7-8,10-12H,6,9,16H2,1H3. The molecule has 1 atom stereocenters. The van der Waals surface area contributed by atoms with E-state index in [1.54, 1.807) is 12.4 Å². The van der Waals surface area contributed by atoms with E-state index in [9.17, 15) is 0 Å². The van der Waals surface area contributed by atoms with Crippen molar-refractivity contribution in [3.05, 3.63) is 59.9 Å². The Hall–Kier alpha value is -1.87. The maximum Gasteiger partial charge on any atom is 0.123 e. The van der Waals surface area contributed by atoms with Gasteiger partial charge in [0.05, 0.1) is 0 Å². The van der Waals surface area contributed by atoms with Gasteiger partial charge >= 0.3 is 0 Å². The molecule has 0 amide bonds. The highest BCUT2D eigenvalue weighted by molar-refractivity contribution is 5.34. The summed E-state index contributed by atoms with van der Waals surface area (Å²) in [6, 6.07) is 12.0. The Balaban J connectivity index is 2.14. The van der Waals surface area contributed by atoms with Crippen LogP contribution in [0.15, 0.2) is 48.8 Å². The average molecular weight is 242 g/mol. The van der Waals surface area contributed by atoms with Crippen LogP contribution < -0.4 is 10.5 Å². The Morgan fingerprint density at radius 3 is 2.61 bits per heavy atom. The predicted octanol–water partition coefficient (Wildman–Crippen LogP) is 2.72. The van der Waals surface area contributed by atoms with Crippen LogP contribution in [0.2, 0.25) is 0 Å². The Kier molecular flexibility index (Phi) is 4.31. The lowest BCUT2D eigenvalue weighted by atomic mass is 10.1. The summed E-state index contributed by atoms with van der Waals surface area (Å²) in [5, 5.41) is 0. The van der Waals surface area contributed by atoms with Crippen molar-refractivity contribution < 1.29 is 4.74 Å². The summed E-state index contributed by atoms with van der Waals surface area (Å²) in [6.07, 6.45) is 4.40. The van der Waals surface area contributed by atoms with Crippen molar-refractivity contribution in [2.24, 2.45) is 5.73 Å².